The SMILES string of the molecule is Cc1ccc(N2C[C@H]3C[C@@H]2CO3)nc1. The molecule has 2 saturated heterocycles. The van der Waals surface area contributed by atoms with E-state index in [0.29, 0.717) is 12.1 Å². The Balaban J connectivity index is 1.86. The molecule has 1 aromatic heterocycles. The molecular weight excluding hydrogens is 176 g/mol. The standard InChI is InChI=1S/C11H14N2O/c1-8-2-3-11(12-5-8)13-6-10-4-9(13)7-14-10/h2-3,5,9-10H,4,6-7H2,1H3/t9-,10-/m1/s1. The van der Waals surface area contributed by atoms with Crippen molar-refractivity contribution in [2.75, 3.05) is 18.1 Å². The van der Waals surface area contributed by atoms with Gasteiger partial charge in [0.2, 0.25) is 0 Å². The molecule has 2 fully saturated rings. The number of fused-ring (bicyclic) bond motifs is 2. The molecule has 3 heteroatoms. The maximum absolute atomic E-state index is 5.56. The van der Waals surface area contributed by atoms with Crippen LogP contribution in [0.2, 0.25) is 0 Å². The van der Waals surface area contributed by atoms with Crippen molar-refractivity contribution in [3.63, 3.8) is 0 Å². The second-order valence-electron chi connectivity index (χ2n) is 4.19. The zero-order valence-electron chi connectivity index (χ0n) is 8.31. The largest absolute Gasteiger partial charge is 0.374 e. The van der Waals surface area contributed by atoms with Crippen molar-refractivity contribution >= 4 is 5.82 Å². The molecule has 0 radical (unpaired) electrons. The molecule has 0 N–H and O–H groups in total. The summed E-state index contributed by atoms with van der Waals surface area (Å²) in [5.41, 5.74) is 1.22. The van der Waals surface area contributed by atoms with E-state index in [2.05, 4.69) is 28.9 Å². The first-order valence-corrected chi connectivity index (χ1v) is 5.14. The third-order valence-corrected chi connectivity index (χ3v) is 3.09. The number of aromatic nitrogens is 1. The average molecular weight is 190 g/mol. The van der Waals surface area contributed by atoms with Crippen LogP contribution in [-0.4, -0.2) is 30.3 Å². The van der Waals surface area contributed by atoms with Gasteiger partial charge in [-0.05, 0) is 25.0 Å². The van der Waals surface area contributed by atoms with Crippen molar-refractivity contribution in [1.29, 1.82) is 0 Å². The molecule has 0 saturated carbocycles. The van der Waals surface area contributed by atoms with Gasteiger partial charge in [0.25, 0.3) is 0 Å². The fraction of sp³-hybridized carbons (Fsp3) is 0.545. The molecule has 0 aliphatic carbocycles. The maximum atomic E-state index is 5.56. The smallest absolute Gasteiger partial charge is 0.128 e. The summed E-state index contributed by atoms with van der Waals surface area (Å²) in [6, 6.07) is 4.79. The van der Waals surface area contributed by atoms with E-state index in [-0.39, 0.29) is 0 Å². The van der Waals surface area contributed by atoms with Crippen molar-refractivity contribution in [2.45, 2.75) is 25.5 Å². The predicted molar refractivity (Wildman–Crippen MR) is 54.5 cm³/mol. The molecule has 2 atom stereocenters. The summed E-state index contributed by atoms with van der Waals surface area (Å²) >= 11 is 0. The zero-order valence-corrected chi connectivity index (χ0v) is 8.31. The van der Waals surface area contributed by atoms with Gasteiger partial charge in [0.05, 0.1) is 18.8 Å². The molecule has 2 aliphatic heterocycles. The summed E-state index contributed by atoms with van der Waals surface area (Å²) in [5.74, 6) is 1.10. The van der Waals surface area contributed by atoms with Crippen LogP contribution >= 0.6 is 0 Å². The number of ether oxygens (including phenoxy) is 1. The molecule has 3 heterocycles. The van der Waals surface area contributed by atoms with Gasteiger partial charge in [0.1, 0.15) is 5.82 Å². The van der Waals surface area contributed by atoms with Crippen molar-refractivity contribution in [1.82, 2.24) is 4.98 Å². The van der Waals surface area contributed by atoms with E-state index in [0.717, 1.165) is 19.0 Å². The van der Waals surface area contributed by atoms with Crippen LogP contribution in [0.25, 0.3) is 0 Å². The fourth-order valence-corrected chi connectivity index (χ4v) is 2.31. The van der Waals surface area contributed by atoms with Crippen LogP contribution in [0.4, 0.5) is 5.82 Å². The van der Waals surface area contributed by atoms with Gasteiger partial charge < -0.3 is 9.64 Å². The van der Waals surface area contributed by atoms with Gasteiger partial charge in [-0.25, -0.2) is 4.98 Å². The lowest BCUT2D eigenvalue weighted by Crippen LogP contribution is -2.37. The first-order valence-electron chi connectivity index (χ1n) is 5.14. The van der Waals surface area contributed by atoms with Gasteiger partial charge in [0, 0.05) is 12.7 Å². The van der Waals surface area contributed by atoms with Gasteiger partial charge in [-0.3, -0.25) is 0 Å². The summed E-state index contributed by atoms with van der Waals surface area (Å²) < 4.78 is 5.56. The van der Waals surface area contributed by atoms with E-state index in [4.69, 9.17) is 4.74 Å². The lowest BCUT2D eigenvalue weighted by Gasteiger charge is -2.27. The Kier molecular flexibility index (Phi) is 1.74. The molecule has 14 heavy (non-hydrogen) atoms. The number of nitrogens with zero attached hydrogens (tertiary/aromatic N) is 2. The zero-order chi connectivity index (χ0) is 9.54. The Morgan fingerprint density at radius 2 is 2.43 bits per heavy atom. The minimum atomic E-state index is 0.447. The van der Waals surface area contributed by atoms with E-state index >= 15 is 0 Å². The summed E-state index contributed by atoms with van der Waals surface area (Å²) in [6.45, 7) is 3.96. The van der Waals surface area contributed by atoms with E-state index in [1.165, 1.54) is 12.0 Å². The molecule has 2 bridgehead atoms. The van der Waals surface area contributed by atoms with Crippen molar-refractivity contribution < 1.29 is 4.74 Å². The lowest BCUT2D eigenvalue weighted by molar-refractivity contribution is 0.0989. The van der Waals surface area contributed by atoms with Gasteiger partial charge in [-0.1, -0.05) is 6.07 Å². The molecular formula is C11H14N2O. The topological polar surface area (TPSA) is 25.4 Å². The van der Waals surface area contributed by atoms with Crippen molar-refractivity contribution in [2.24, 2.45) is 0 Å². The summed E-state index contributed by atoms with van der Waals surface area (Å²) in [6.07, 6.45) is 3.56. The molecule has 0 amide bonds. The number of hydrogen-bond acceptors (Lipinski definition) is 3. The number of anilines is 1. The molecule has 2 aliphatic rings. The van der Waals surface area contributed by atoms with E-state index in [1.54, 1.807) is 0 Å². The molecule has 0 spiro atoms. The quantitative estimate of drug-likeness (QED) is 0.668. The first kappa shape index (κ1) is 8.24. The second kappa shape index (κ2) is 2.95. The average Bonchev–Trinajstić information content (AvgIpc) is 2.80. The van der Waals surface area contributed by atoms with Crippen molar-refractivity contribution in [3.05, 3.63) is 23.9 Å². The van der Waals surface area contributed by atoms with Gasteiger partial charge in [-0.15, -0.1) is 0 Å². The highest BCUT2D eigenvalue weighted by Crippen LogP contribution is 2.31. The van der Waals surface area contributed by atoms with Crippen LogP contribution in [0.3, 0.4) is 0 Å². The van der Waals surface area contributed by atoms with Gasteiger partial charge in [-0.2, -0.15) is 0 Å². The minimum Gasteiger partial charge on any atom is -0.374 e. The van der Waals surface area contributed by atoms with E-state index in [9.17, 15) is 0 Å². The number of morpholine rings is 1. The summed E-state index contributed by atoms with van der Waals surface area (Å²) in [5, 5.41) is 0. The van der Waals surface area contributed by atoms with Crippen LogP contribution < -0.4 is 4.90 Å². The van der Waals surface area contributed by atoms with Crippen LogP contribution in [0, 0.1) is 6.92 Å². The Hall–Kier alpha value is -1.09. The third kappa shape index (κ3) is 1.20. The molecule has 0 unspecified atom stereocenters. The third-order valence-electron chi connectivity index (χ3n) is 3.09. The van der Waals surface area contributed by atoms with Crippen LogP contribution in [0.1, 0.15) is 12.0 Å². The predicted octanol–water partition coefficient (Wildman–Crippen LogP) is 1.37. The Labute approximate surface area is 83.7 Å². The highest BCUT2D eigenvalue weighted by atomic mass is 16.5. The van der Waals surface area contributed by atoms with E-state index in [1.807, 2.05) is 6.20 Å². The normalized spacial score (nSPS) is 29.9. The fourth-order valence-electron chi connectivity index (χ4n) is 2.31. The van der Waals surface area contributed by atoms with Crippen LogP contribution in [-0.2, 0) is 4.74 Å². The van der Waals surface area contributed by atoms with Crippen LogP contribution in [0.15, 0.2) is 18.3 Å². The number of aryl methyl sites for hydroxylation is 1. The second-order valence-corrected chi connectivity index (χ2v) is 4.19. The first-order chi connectivity index (χ1) is 6.83. The molecule has 3 nitrogen and oxygen atoms in total. The number of pyridine rings is 1. The minimum absolute atomic E-state index is 0.447. The van der Waals surface area contributed by atoms with Gasteiger partial charge >= 0.3 is 0 Å². The molecule has 74 valence electrons. The van der Waals surface area contributed by atoms with Crippen molar-refractivity contribution in [3.8, 4) is 0 Å². The highest BCUT2D eigenvalue weighted by molar-refractivity contribution is 5.43. The Morgan fingerprint density at radius 3 is 3.00 bits per heavy atom. The van der Waals surface area contributed by atoms with Gasteiger partial charge in [0.15, 0.2) is 0 Å². The number of hydrogen-bond donors (Lipinski definition) is 0. The van der Waals surface area contributed by atoms with E-state index < -0.39 is 0 Å². The number of rotatable bonds is 1. The highest BCUT2D eigenvalue weighted by Gasteiger charge is 2.39. The summed E-state index contributed by atoms with van der Waals surface area (Å²) in [4.78, 5) is 6.82. The monoisotopic (exact) mass is 190 g/mol. The maximum Gasteiger partial charge on any atom is 0.128 e. The Morgan fingerprint density at radius 1 is 1.50 bits per heavy atom. The lowest BCUT2D eigenvalue weighted by atomic mass is 10.2. The summed E-state index contributed by atoms with van der Waals surface area (Å²) in [7, 11) is 0. The van der Waals surface area contributed by atoms with Crippen LogP contribution in [0.5, 0.6) is 0 Å². The molecule has 1 aromatic rings. The Bertz CT molecular complexity index is 336. The molecule has 0 aromatic carbocycles. The molecule has 3 rings (SSSR count).